The van der Waals surface area contributed by atoms with Gasteiger partial charge in [-0.2, -0.15) is 0 Å². The molecule has 0 N–H and O–H groups in total. The molecule has 0 aromatic carbocycles. The molecule has 124 valence electrons. The summed E-state index contributed by atoms with van der Waals surface area (Å²) in [6, 6.07) is 1.95. The van der Waals surface area contributed by atoms with Crippen LogP contribution in [-0.2, 0) is 8.85 Å². The van der Waals surface area contributed by atoms with E-state index in [9.17, 15) is 0 Å². The number of hydrogen-bond acceptors (Lipinski definition) is 2. The van der Waals surface area contributed by atoms with Gasteiger partial charge in [-0.3, -0.25) is 0 Å². The van der Waals surface area contributed by atoms with Gasteiger partial charge in [-0.1, -0.05) is 64.8 Å². The quantitative estimate of drug-likeness (QED) is 0.223. The summed E-state index contributed by atoms with van der Waals surface area (Å²) in [7, 11) is -2.12. The van der Waals surface area contributed by atoms with Crippen molar-refractivity contribution in [2.45, 2.75) is 78.3 Å². The van der Waals surface area contributed by atoms with E-state index in [-0.39, 0.29) is 0 Å². The maximum Gasteiger partial charge on any atom is 0.345 e. The molecule has 0 aliphatic carbocycles. The lowest BCUT2D eigenvalue weighted by Crippen LogP contribution is -2.42. The summed E-state index contributed by atoms with van der Waals surface area (Å²) in [5.74, 6) is 0. The first kappa shape index (κ1) is 20.6. The van der Waals surface area contributed by atoms with Crippen molar-refractivity contribution in [3.63, 3.8) is 0 Å². The highest BCUT2D eigenvalue weighted by Gasteiger charge is 2.35. The third-order valence-electron chi connectivity index (χ3n) is 3.39. The lowest BCUT2D eigenvalue weighted by molar-refractivity contribution is 0.168. The Balaban J connectivity index is 4.76. The van der Waals surface area contributed by atoms with Crippen LogP contribution >= 0.6 is 0 Å². The summed E-state index contributed by atoms with van der Waals surface area (Å²) in [5, 5.41) is 0. The van der Waals surface area contributed by atoms with Gasteiger partial charge in [0, 0.05) is 25.3 Å². The van der Waals surface area contributed by atoms with Gasteiger partial charge in [-0.25, -0.2) is 0 Å². The summed E-state index contributed by atoms with van der Waals surface area (Å²) in [5.41, 5.74) is 0. The minimum absolute atomic E-state index is 0.842. The Hall–Kier alpha value is -0.383. The summed E-state index contributed by atoms with van der Waals surface area (Å²) >= 11 is 0. The molecule has 21 heavy (non-hydrogen) atoms. The molecule has 0 saturated carbocycles. The van der Waals surface area contributed by atoms with Crippen LogP contribution < -0.4 is 0 Å². The maximum absolute atomic E-state index is 6.32. The fourth-order valence-corrected chi connectivity index (χ4v) is 4.83. The lowest BCUT2D eigenvalue weighted by Gasteiger charge is -2.29. The molecule has 0 aromatic heterocycles. The molecular formula is C18H36O2Si. The largest absolute Gasteiger partial charge is 0.394 e. The first-order valence-electron chi connectivity index (χ1n) is 8.82. The van der Waals surface area contributed by atoms with Crippen LogP contribution in [0.4, 0.5) is 0 Å². The van der Waals surface area contributed by atoms with Gasteiger partial charge in [0.1, 0.15) is 0 Å². The molecule has 0 bridgehead atoms. The highest BCUT2D eigenvalue weighted by molar-refractivity contribution is 6.68. The van der Waals surface area contributed by atoms with Gasteiger partial charge in [0.2, 0.25) is 0 Å². The van der Waals surface area contributed by atoms with Gasteiger partial charge >= 0.3 is 8.56 Å². The third kappa shape index (κ3) is 10.9. The van der Waals surface area contributed by atoms with Gasteiger partial charge in [-0.05, 0) is 25.7 Å². The molecule has 0 amide bonds. The summed E-state index contributed by atoms with van der Waals surface area (Å²) in [4.78, 5) is 0. The van der Waals surface area contributed by atoms with Crippen LogP contribution in [0.3, 0.4) is 0 Å². The van der Waals surface area contributed by atoms with Gasteiger partial charge in [0.25, 0.3) is 0 Å². The second-order valence-corrected chi connectivity index (χ2v) is 8.70. The molecule has 0 aromatic rings. The van der Waals surface area contributed by atoms with E-state index in [1.807, 2.05) is 0 Å². The SMILES string of the molecule is CCC=CC[Si](CC=CCC)(OCCCC)OCCCC. The number of allylic oxidation sites excluding steroid dienone is 4. The monoisotopic (exact) mass is 312 g/mol. The van der Waals surface area contributed by atoms with Gasteiger partial charge < -0.3 is 8.85 Å². The van der Waals surface area contributed by atoms with E-state index >= 15 is 0 Å². The Morgan fingerprint density at radius 3 is 1.43 bits per heavy atom. The molecular weight excluding hydrogens is 276 g/mol. The van der Waals surface area contributed by atoms with E-state index < -0.39 is 8.56 Å². The minimum atomic E-state index is -2.12. The van der Waals surface area contributed by atoms with E-state index in [2.05, 4.69) is 52.0 Å². The standard InChI is InChI=1S/C18H36O2Si/c1-5-9-13-17-21(18-14-10-6-2,19-15-11-7-3)20-16-12-8-4/h9-10,13-14H,5-8,11-12,15-18H2,1-4H3. The minimum Gasteiger partial charge on any atom is -0.394 e. The zero-order chi connectivity index (χ0) is 15.8. The summed E-state index contributed by atoms with van der Waals surface area (Å²) < 4.78 is 12.6. The first-order chi connectivity index (χ1) is 10.2. The second kappa shape index (κ2) is 14.5. The molecule has 0 radical (unpaired) electrons. The predicted molar refractivity (Wildman–Crippen MR) is 96.0 cm³/mol. The number of rotatable bonds is 14. The van der Waals surface area contributed by atoms with E-state index in [1.54, 1.807) is 0 Å². The molecule has 0 aliphatic rings. The van der Waals surface area contributed by atoms with Crippen molar-refractivity contribution in [3.05, 3.63) is 24.3 Å². The molecule has 2 nitrogen and oxygen atoms in total. The zero-order valence-electron chi connectivity index (χ0n) is 14.7. The normalized spacial score (nSPS) is 12.8. The second-order valence-electron chi connectivity index (χ2n) is 5.48. The average molecular weight is 313 g/mol. The van der Waals surface area contributed by atoms with Crippen molar-refractivity contribution in [2.75, 3.05) is 13.2 Å². The Morgan fingerprint density at radius 2 is 1.10 bits per heavy atom. The Kier molecular flexibility index (Phi) is 14.3. The summed E-state index contributed by atoms with van der Waals surface area (Å²) in [6.07, 6.45) is 15.8. The molecule has 3 heteroatoms. The van der Waals surface area contributed by atoms with Crippen LogP contribution in [0.15, 0.2) is 24.3 Å². The van der Waals surface area contributed by atoms with Crippen molar-refractivity contribution in [2.24, 2.45) is 0 Å². The molecule has 0 aliphatic heterocycles. The predicted octanol–water partition coefficient (Wildman–Crippen LogP) is 5.99. The van der Waals surface area contributed by atoms with E-state index in [4.69, 9.17) is 8.85 Å². The molecule has 0 atom stereocenters. The highest BCUT2D eigenvalue weighted by Crippen LogP contribution is 2.22. The van der Waals surface area contributed by atoms with Crippen LogP contribution in [-0.4, -0.2) is 21.8 Å². The Bertz CT molecular complexity index is 246. The third-order valence-corrected chi connectivity index (χ3v) is 6.56. The topological polar surface area (TPSA) is 18.5 Å². The molecule has 0 spiro atoms. The first-order valence-corrected chi connectivity index (χ1v) is 11.1. The van der Waals surface area contributed by atoms with Crippen molar-refractivity contribution in [1.82, 2.24) is 0 Å². The van der Waals surface area contributed by atoms with E-state index in [0.29, 0.717) is 0 Å². The van der Waals surface area contributed by atoms with Gasteiger partial charge in [0.05, 0.1) is 0 Å². The highest BCUT2D eigenvalue weighted by atomic mass is 28.4. The lowest BCUT2D eigenvalue weighted by atomic mass is 10.4. The van der Waals surface area contributed by atoms with Crippen LogP contribution in [0, 0.1) is 0 Å². The van der Waals surface area contributed by atoms with Crippen molar-refractivity contribution in [1.29, 1.82) is 0 Å². The van der Waals surface area contributed by atoms with Crippen molar-refractivity contribution < 1.29 is 8.85 Å². The fourth-order valence-electron chi connectivity index (χ4n) is 2.02. The number of hydrogen-bond donors (Lipinski definition) is 0. The van der Waals surface area contributed by atoms with Gasteiger partial charge in [0.15, 0.2) is 0 Å². The van der Waals surface area contributed by atoms with Crippen molar-refractivity contribution in [3.8, 4) is 0 Å². The number of unbranched alkanes of at least 4 members (excludes halogenated alkanes) is 2. The Labute approximate surface area is 133 Å². The molecule has 0 saturated heterocycles. The molecule has 0 fully saturated rings. The van der Waals surface area contributed by atoms with Crippen LogP contribution in [0.2, 0.25) is 12.1 Å². The van der Waals surface area contributed by atoms with E-state index in [1.165, 1.54) is 12.8 Å². The van der Waals surface area contributed by atoms with Gasteiger partial charge in [-0.15, -0.1) is 0 Å². The maximum atomic E-state index is 6.32. The van der Waals surface area contributed by atoms with E-state index in [0.717, 1.165) is 51.0 Å². The average Bonchev–Trinajstić information content (AvgIpc) is 2.48. The summed E-state index contributed by atoms with van der Waals surface area (Å²) in [6.45, 7) is 10.4. The van der Waals surface area contributed by atoms with Crippen LogP contribution in [0.25, 0.3) is 0 Å². The van der Waals surface area contributed by atoms with Crippen LogP contribution in [0.5, 0.6) is 0 Å². The Morgan fingerprint density at radius 1 is 0.667 bits per heavy atom. The smallest absolute Gasteiger partial charge is 0.345 e. The van der Waals surface area contributed by atoms with Crippen molar-refractivity contribution >= 4 is 8.56 Å². The van der Waals surface area contributed by atoms with Crippen LogP contribution in [0.1, 0.15) is 66.2 Å². The molecule has 0 unspecified atom stereocenters. The molecule has 0 rings (SSSR count). The fraction of sp³-hybridized carbons (Fsp3) is 0.778. The zero-order valence-corrected chi connectivity index (χ0v) is 15.7. The molecule has 0 heterocycles.